The van der Waals surface area contributed by atoms with E-state index in [1.54, 1.807) is 6.92 Å². The molecule has 0 aliphatic heterocycles. The molecule has 21 heavy (non-hydrogen) atoms. The first-order valence-corrected chi connectivity index (χ1v) is 6.87. The van der Waals surface area contributed by atoms with E-state index in [9.17, 15) is 4.79 Å². The van der Waals surface area contributed by atoms with Gasteiger partial charge in [-0.15, -0.1) is 0 Å². The molecule has 0 fully saturated rings. The van der Waals surface area contributed by atoms with Crippen LogP contribution in [0.25, 0.3) is 11.0 Å². The molecule has 1 heterocycles. The summed E-state index contributed by atoms with van der Waals surface area (Å²) in [6, 6.07) is 7.00. The summed E-state index contributed by atoms with van der Waals surface area (Å²) in [5, 5.41) is 5.92. The molecule has 112 valence electrons. The summed E-state index contributed by atoms with van der Waals surface area (Å²) < 4.78 is 0. The zero-order valence-electron chi connectivity index (χ0n) is 12.8. The van der Waals surface area contributed by atoms with E-state index in [0.29, 0.717) is 5.82 Å². The molecule has 0 spiro atoms. The van der Waals surface area contributed by atoms with Crippen LogP contribution in [0, 0.1) is 0 Å². The number of nitrogens with two attached hydrogens (primary N) is 1. The summed E-state index contributed by atoms with van der Waals surface area (Å²) in [6.45, 7) is 7.56. The number of anilines is 2. The van der Waals surface area contributed by atoms with Crippen molar-refractivity contribution in [1.82, 2.24) is 15.3 Å². The zero-order valence-corrected chi connectivity index (χ0v) is 12.8. The number of nitrogens with zero attached hydrogens (tertiary/aromatic N) is 2. The Morgan fingerprint density at radius 1 is 1.19 bits per heavy atom. The highest BCUT2D eigenvalue weighted by molar-refractivity contribution is 5.86. The maximum Gasteiger partial charge on any atom is 0.242 e. The Bertz CT molecular complexity index is 663. The molecule has 0 aliphatic rings. The van der Waals surface area contributed by atoms with E-state index < -0.39 is 6.04 Å². The summed E-state index contributed by atoms with van der Waals surface area (Å²) in [5.41, 5.74) is 7.07. The summed E-state index contributed by atoms with van der Waals surface area (Å²) in [4.78, 5) is 20.8. The number of rotatable bonds is 3. The lowest BCUT2D eigenvalue weighted by Gasteiger charge is -2.24. The lowest BCUT2D eigenvalue weighted by molar-refractivity contribution is -0.122. The number of hydrogen-bond donors (Lipinski definition) is 3. The first-order chi connectivity index (χ1) is 9.76. The molecule has 0 radical (unpaired) electrons. The third-order valence-electron chi connectivity index (χ3n) is 2.84. The maximum atomic E-state index is 12.1. The van der Waals surface area contributed by atoms with E-state index in [-0.39, 0.29) is 17.3 Å². The number of aromatic nitrogens is 2. The molecule has 1 aromatic carbocycles. The molecule has 1 aromatic heterocycles. The van der Waals surface area contributed by atoms with Crippen LogP contribution in [0.1, 0.15) is 27.7 Å². The molecule has 0 saturated heterocycles. The van der Waals surface area contributed by atoms with Gasteiger partial charge in [0.25, 0.3) is 0 Å². The number of nitrogens with one attached hydrogen (secondary N) is 2. The van der Waals surface area contributed by atoms with E-state index in [0.717, 1.165) is 11.0 Å². The van der Waals surface area contributed by atoms with Crippen LogP contribution >= 0.6 is 0 Å². The van der Waals surface area contributed by atoms with Gasteiger partial charge < -0.3 is 16.4 Å². The summed E-state index contributed by atoms with van der Waals surface area (Å²) in [6.07, 6.45) is 0. The molecular weight excluding hydrogens is 266 g/mol. The van der Waals surface area contributed by atoms with Gasteiger partial charge in [0.1, 0.15) is 6.04 Å². The van der Waals surface area contributed by atoms with Crippen molar-refractivity contribution in [2.45, 2.75) is 39.3 Å². The normalized spacial score (nSPS) is 13.0. The monoisotopic (exact) mass is 287 g/mol. The fourth-order valence-corrected chi connectivity index (χ4v) is 1.87. The number of fused-ring (bicyclic) bond motifs is 1. The Morgan fingerprint density at radius 3 is 2.33 bits per heavy atom. The van der Waals surface area contributed by atoms with Crippen LogP contribution in [0.3, 0.4) is 0 Å². The minimum Gasteiger partial charge on any atom is -0.381 e. The fourth-order valence-electron chi connectivity index (χ4n) is 1.87. The fraction of sp³-hybridized carbons (Fsp3) is 0.400. The lowest BCUT2D eigenvalue weighted by atomic mass is 10.1. The van der Waals surface area contributed by atoms with Crippen LogP contribution < -0.4 is 16.4 Å². The smallest absolute Gasteiger partial charge is 0.242 e. The Morgan fingerprint density at radius 2 is 1.76 bits per heavy atom. The number of carbonyl (C=O) groups excluding carboxylic acids is 1. The molecular formula is C15H21N5O. The number of para-hydroxylation sites is 2. The quantitative estimate of drug-likeness (QED) is 0.802. The molecule has 1 unspecified atom stereocenters. The van der Waals surface area contributed by atoms with Crippen molar-refractivity contribution in [2.75, 3.05) is 11.1 Å². The van der Waals surface area contributed by atoms with Crippen molar-refractivity contribution >= 4 is 28.6 Å². The minimum atomic E-state index is -0.456. The lowest BCUT2D eigenvalue weighted by Crippen LogP contribution is -2.47. The van der Waals surface area contributed by atoms with E-state index in [1.165, 1.54) is 0 Å². The molecule has 0 bridgehead atoms. The summed E-state index contributed by atoms with van der Waals surface area (Å²) >= 11 is 0. The van der Waals surface area contributed by atoms with Gasteiger partial charge in [-0.05, 0) is 39.8 Å². The van der Waals surface area contributed by atoms with Crippen LogP contribution in [0.15, 0.2) is 24.3 Å². The van der Waals surface area contributed by atoms with Gasteiger partial charge in [-0.25, -0.2) is 9.97 Å². The largest absolute Gasteiger partial charge is 0.381 e. The third kappa shape index (κ3) is 3.81. The van der Waals surface area contributed by atoms with Gasteiger partial charge in [0.05, 0.1) is 11.0 Å². The van der Waals surface area contributed by atoms with Crippen LogP contribution in [-0.4, -0.2) is 27.5 Å². The predicted octanol–water partition coefficient (Wildman–Crippen LogP) is 1.93. The maximum absolute atomic E-state index is 12.1. The van der Waals surface area contributed by atoms with Crippen LogP contribution in [-0.2, 0) is 4.79 Å². The van der Waals surface area contributed by atoms with Gasteiger partial charge in [0.2, 0.25) is 5.91 Å². The van der Waals surface area contributed by atoms with Crippen molar-refractivity contribution in [1.29, 1.82) is 0 Å². The average molecular weight is 287 g/mol. The van der Waals surface area contributed by atoms with Gasteiger partial charge >= 0.3 is 0 Å². The molecule has 1 amide bonds. The Balaban J connectivity index is 2.19. The van der Waals surface area contributed by atoms with Crippen molar-refractivity contribution in [3.05, 3.63) is 24.3 Å². The van der Waals surface area contributed by atoms with Crippen molar-refractivity contribution in [2.24, 2.45) is 0 Å². The molecule has 1 atom stereocenters. The first-order valence-electron chi connectivity index (χ1n) is 6.87. The number of benzene rings is 1. The second-order valence-corrected chi connectivity index (χ2v) is 6.05. The van der Waals surface area contributed by atoms with Gasteiger partial charge in [0.15, 0.2) is 11.6 Å². The number of carbonyl (C=O) groups is 1. The summed E-state index contributed by atoms with van der Waals surface area (Å²) in [7, 11) is 0. The van der Waals surface area contributed by atoms with Crippen LogP contribution in [0.5, 0.6) is 0 Å². The molecule has 6 nitrogen and oxygen atoms in total. The van der Waals surface area contributed by atoms with Gasteiger partial charge in [-0.3, -0.25) is 4.79 Å². The SMILES string of the molecule is CC(Nc1nc2ccccc2nc1N)C(=O)NC(C)(C)C. The highest BCUT2D eigenvalue weighted by Crippen LogP contribution is 2.19. The molecule has 0 aliphatic carbocycles. The molecule has 2 aromatic rings. The topological polar surface area (TPSA) is 92.9 Å². The molecule has 4 N–H and O–H groups in total. The van der Waals surface area contributed by atoms with E-state index in [2.05, 4.69) is 20.6 Å². The number of hydrogen-bond acceptors (Lipinski definition) is 5. The number of amides is 1. The molecule has 6 heteroatoms. The standard InChI is InChI=1S/C15H21N5O/c1-9(14(21)20-15(2,3)4)17-13-12(16)18-10-7-5-6-8-11(10)19-13/h5-9H,1-4H3,(H2,16,18)(H,17,19)(H,20,21). The van der Waals surface area contributed by atoms with Crippen molar-refractivity contribution in [3.8, 4) is 0 Å². The highest BCUT2D eigenvalue weighted by atomic mass is 16.2. The first kappa shape index (κ1) is 15.0. The van der Waals surface area contributed by atoms with Gasteiger partial charge in [0, 0.05) is 5.54 Å². The molecule has 2 rings (SSSR count). The van der Waals surface area contributed by atoms with Crippen molar-refractivity contribution in [3.63, 3.8) is 0 Å². The van der Waals surface area contributed by atoms with Crippen molar-refractivity contribution < 1.29 is 4.79 Å². The predicted molar refractivity (Wildman–Crippen MR) is 84.9 cm³/mol. The van der Waals surface area contributed by atoms with Crippen LogP contribution in [0.4, 0.5) is 11.6 Å². The second kappa shape index (κ2) is 5.55. The van der Waals surface area contributed by atoms with Gasteiger partial charge in [-0.1, -0.05) is 12.1 Å². The number of nitrogen functional groups attached to an aromatic ring is 1. The van der Waals surface area contributed by atoms with E-state index in [4.69, 9.17) is 5.73 Å². The third-order valence-corrected chi connectivity index (χ3v) is 2.84. The van der Waals surface area contributed by atoms with Gasteiger partial charge in [-0.2, -0.15) is 0 Å². The Kier molecular flexibility index (Phi) is 3.97. The zero-order chi connectivity index (χ0) is 15.6. The summed E-state index contributed by atoms with van der Waals surface area (Å²) in [5.74, 6) is 0.589. The average Bonchev–Trinajstić information content (AvgIpc) is 2.37. The van der Waals surface area contributed by atoms with Crippen LogP contribution in [0.2, 0.25) is 0 Å². The Hall–Kier alpha value is -2.37. The highest BCUT2D eigenvalue weighted by Gasteiger charge is 2.20. The molecule has 0 saturated carbocycles. The minimum absolute atomic E-state index is 0.114. The van der Waals surface area contributed by atoms with E-state index >= 15 is 0 Å². The Labute approximate surface area is 124 Å². The van der Waals surface area contributed by atoms with E-state index in [1.807, 2.05) is 45.0 Å². The second-order valence-electron chi connectivity index (χ2n) is 6.05.